The lowest BCUT2D eigenvalue weighted by Gasteiger charge is -2.73. The number of carbonyl (C=O) groups excluding carboxylic acids is 3. The summed E-state index contributed by atoms with van der Waals surface area (Å²) in [6.45, 7) is 22.5. The molecule has 0 radical (unpaired) electrons. The summed E-state index contributed by atoms with van der Waals surface area (Å²) in [5.74, 6) is -5.32. The molecule has 96 heavy (non-hydrogen) atoms. The number of carbonyl (C=O) groups is 4. The smallest absolute Gasteiger partial charge is 0.335 e. The fourth-order valence-electron chi connectivity index (χ4n) is 18.2. The largest absolute Gasteiger partial charge is 0.479 e. The molecule has 4 heterocycles. The van der Waals surface area contributed by atoms with Gasteiger partial charge in [0.1, 0.15) is 79.4 Å². The van der Waals surface area contributed by atoms with Crippen LogP contribution < -0.4 is 0 Å². The number of hydrogen-bond acceptors (Lipinski definition) is 27. The van der Waals surface area contributed by atoms with E-state index in [1.54, 1.807) is 27.7 Å². The van der Waals surface area contributed by atoms with E-state index in [1.165, 1.54) is 39.0 Å². The van der Waals surface area contributed by atoms with Crippen LogP contribution in [0.5, 0.6) is 0 Å². The first-order valence-corrected chi connectivity index (χ1v) is 33.5. The van der Waals surface area contributed by atoms with Gasteiger partial charge in [-0.25, -0.2) is 19.2 Å². The molecular weight excluding hydrogens is 1260 g/mol. The van der Waals surface area contributed by atoms with Crippen LogP contribution in [0, 0.1) is 50.2 Å². The Morgan fingerprint density at radius 2 is 1.07 bits per heavy atom. The number of aliphatic hydroxyl groups is 12. The molecule has 8 fully saturated rings. The molecule has 31 atom stereocenters. The highest BCUT2D eigenvalue weighted by Gasteiger charge is 2.77. The van der Waals surface area contributed by atoms with Gasteiger partial charge in [-0.15, -0.1) is 0 Å². The predicted octanol–water partition coefficient (Wildman–Crippen LogP) is 0.632. The van der Waals surface area contributed by atoms with Gasteiger partial charge < -0.3 is 118 Å². The van der Waals surface area contributed by atoms with Crippen molar-refractivity contribution in [3.63, 3.8) is 0 Å². The minimum absolute atomic E-state index is 0.155. The van der Waals surface area contributed by atoms with Gasteiger partial charge in [0.15, 0.2) is 43.5 Å². The van der Waals surface area contributed by atoms with Gasteiger partial charge in [-0.2, -0.15) is 0 Å². The Balaban J connectivity index is 1.05. The number of esters is 3. The van der Waals surface area contributed by atoms with Gasteiger partial charge in [0.05, 0.1) is 49.7 Å². The summed E-state index contributed by atoms with van der Waals surface area (Å²) in [5.41, 5.74) is -5.15. The van der Waals surface area contributed by atoms with Gasteiger partial charge in [0.25, 0.3) is 0 Å². The Hall–Kier alpha value is -3.96. The molecule has 544 valence electrons. The number of carboxylic acids is 1. The van der Waals surface area contributed by atoms with Crippen LogP contribution in [0.2, 0.25) is 0 Å². The summed E-state index contributed by atoms with van der Waals surface area (Å²) in [7, 11) is 0. The Labute approximate surface area is 559 Å². The van der Waals surface area contributed by atoms with Gasteiger partial charge in [0, 0.05) is 22.1 Å². The van der Waals surface area contributed by atoms with Gasteiger partial charge in [0.2, 0.25) is 0 Å². The van der Waals surface area contributed by atoms with Crippen molar-refractivity contribution in [3.05, 3.63) is 46.6 Å². The highest BCUT2D eigenvalue weighted by atomic mass is 16.8. The van der Waals surface area contributed by atoms with Gasteiger partial charge in [-0.05, 0) is 126 Å². The van der Waals surface area contributed by atoms with Crippen LogP contribution >= 0.6 is 0 Å². The minimum Gasteiger partial charge on any atom is -0.479 e. The summed E-state index contributed by atoms with van der Waals surface area (Å²) < 4.78 is 68.2. The second-order valence-electron chi connectivity index (χ2n) is 30.2. The van der Waals surface area contributed by atoms with Crippen molar-refractivity contribution in [1.29, 1.82) is 0 Å². The first-order chi connectivity index (χ1) is 44.9. The molecule has 13 N–H and O–H groups in total. The van der Waals surface area contributed by atoms with Gasteiger partial charge >= 0.3 is 23.9 Å². The van der Waals surface area contributed by atoms with Crippen molar-refractivity contribution in [2.75, 3.05) is 19.8 Å². The van der Waals surface area contributed by atoms with Crippen LogP contribution in [0.1, 0.15) is 135 Å². The predicted molar refractivity (Wildman–Crippen MR) is 331 cm³/mol. The first kappa shape index (κ1) is 76.2. The summed E-state index contributed by atoms with van der Waals surface area (Å²) in [6, 6.07) is 0. The molecule has 4 saturated heterocycles. The van der Waals surface area contributed by atoms with Crippen LogP contribution in [0.15, 0.2) is 46.6 Å². The van der Waals surface area contributed by atoms with E-state index in [2.05, 4.69) is 19.9 Å². The number of hydrogen-bond donors (Lipinski definition) is 13. The normalized spacial score (nSPS) is 47.8. The van der Waals surface area contributed by atoms with E-state index in [9.17, 15) is 85.6 Å². The standard InChI is InChI=1S/C68H104O28/c1-15-28(4)56(83)90-46-31(7)86-61(45(78)48(46)91-57(84)29(5)16-2)96-53-54(95-58(85)30(6)17-3)68(27-71)33(24-63(53,8)9)32-18-19-37-65(12)22-21-38(64(10,11)36(65)20-23-66(37,13)67(32,14)51(79)52(68)80)89-62-50(94-60-43(76)41(74)39(72)34(25-69)87-60)47(44(77)49(93-62)55(81)82)92-59-42(75)40(73)35(26-70)88-59/h15-18,31,33-54,59-62,69-80H,19-27H2,1-14H3,(H,81,82)/b28-15-,29-16-,30-17-/t31-,33?,34+,35+,36?,37?,38-,39-,40+,41-,42-,43+,44-,45+,46-,47-,48-,49-,50+,51+,52-,53-,54+,59+,60-,61-,62-,65-,66+,67-,68-/m0/s1. The Morgan fingerprint density at radius 1 is 0.552 bits per heavy atom. The molecule has 0 aromatic heterocycles. The highest BCUT2D eigenvalue weighted by Crippen LogP contribution is 2.76. The summed E-state index contributed by atoms with van der Waals surface area (Å²) in [4.78, 5) is 54.1. The average molecular weight is 1370 g/mol. The summed E-state index contributed by atoms with van der Waals surface area (Å²) in [5, 5.41) is 148. The maximum Gasteiger partial charge on any atom is 0.335 e. The van der Waals surface area contributed by atoms with Crippen molar-refractivity contribution >= 4 is 23.9 Å². The molecule has 0 aromatic carbocycles. The molecule has 5 aliphatic carbocycles. The second kappa shape index (κ2) is 28.5. The van der Waals surface area contributed by atoms with Crippen LogP contribution in [0.3, 0.4) is 0 Å². The fourth-order valence-corrected chi connectivity index (χ4v) is 18.2. The van der Waals surface area contributed by atoms with E-state index < -0.39 is 229 Å². The van der Waals surface area contributed by atoms with Gasteiger partial charge in [-0.1, -0.05) is 78.3 Å². The molecule has 0 spiro atoms. The van der Waals surface area contributed by atoms with Crippen molar-refractivity contribution in [3.8, 4) is 0 Å². The Bertz CT molecular complexity index is 2960. The lowest BCUT2D eigenvalue weighted by atomic mass is 9.32. The molecule has 0 bridgehead atoms. The van der Waals surface area contributed by atoms with Crippen molar-refractivity contribution in [2.24, 2.45) is 50.2 Å². The zero-order chi connectivity index (χ0) is 71.2. The van der Waals surface area contributed by atoms with Crippen molar-refractivity contribution < 1.29 is 138 Å². The van der Waals surface area contributed by atoms with E-state index in [0.29, 0.717) is 25.7 Å². The molecule has 3 unspecified atom stereocenters. The number of ether oxygens (including phenoxy) is 11. The molecule has 0 amide bonds. The summed E-state index contributed by atoms with van der Waals surface area (Å²) in [6.07, 6.45) is -31.6. The van der Waals surface area contributed by atoms with Crippen LogP contribution in [-0.4, -0.2) is 257 Å². The van der Waals surface area contributed by atoms with Crippen LogP contribution in [0.25, 0.3) is 0 Å². The van der Waals surface area contributed by atoms with Crippen LogP contribution in [0.4, 0.5) is 0 Å². The molecule has 4 saturated carbocycles. The molecule has 28 heteroatoms. The third-order valence-electron chi connectivity index (χ3n) is 24.4. The summed E-state index contributed by atoms with van der Waals surface area (Å²) >= 11 is 0. The van der Waals surface area contributed by atoms with Crippen LogP contribution in [-0.2, 0) is 71.3 Å². The average Bonchev–Trinajstić information content (AvgIpc) is 0.708. The lowest BCUT2D eigenvalue weighted by molar-refractivity contribution is -0.386. The zero-order valence-electron chi connectivity index (χ0n) is 57.2. The van der Waals surface area contributed by atoms with Crippen molar-refractivity contribution in [2.45, 2.75) is 283 Å². The molecular formula is C68H104O28. The molecule has 4 aliphatic heterocycles. The molecule has 28 nitrogen and oxygen atoms in total. The third kappa shape index (κ3) is 12.6. The maximum absolute atomic E-state index is 14.4. The third-order valence-corrected chi connectivity index (χ3v) is 24.4. The number of carboxylic acid groups (broad SMARTS) is 1. The second-order valence-corrected chi connectivity index (χ2v) is 30.2. The highest BCUT2D eigenvalue weighted by molar-refractivity contribution is 5.89. The Kier molecular flexibility index (Phi) is 22.6. The monoisotopic (exact) mass is 1370 g/mol. The van der Waals surface area contributed by atoms with Crippen molar-refractivity contribution in [1.82, 2.24) is 0 Å². The van der Waals surface area contributed by atoms with E-state index in [4.69, 9.17) is 52.1 Å². The molecule has 9 aliphatic rings. The van der Waals surface area contributed by atoms with E-state index in [-0.39, 0.29) is 41.4 Å². The SMILES string of the molecule is C/C=C(/C)C(=O)O[C@@H]1[C@@H](OC(=O)/C(C)=C\C)[C@@H](O)[C@H](O[C@H]2[C@@H](OC(=O)/C(C)=C\C)[C@@]3(CO)C(CC2(C)C)C2=CCC4[C@@]5(C)CC[C@H](O[C@H]6O[C@H](C(=O)O)[C@@H](O)[C@H](O[C@H]7O[C@H](CO)[C@@H](O)[C@@H]7O)[C@H]6O[C@@H]6O[C@H](CO)[C@H](O)[C@H](O)[C@H]6O)C(C)(C)C5CC[C@@]4(C)[C@]2(C)[C@H](O)[C@@H]3O)O[C@H]1C. The minimum atomic E-state index is -2.16. The number of allylic oxidation sites excluding steroid dienone is 4. The number of aliphatic carboxylic acids is 1. The number of aliphatic hydroxyl groups excluding tert-OH is 12. The Morgan fingerprint density at radius 3 is 1.61 bits per heavy atom. The lowest BCUT2D eigenvalue weighted by Crippen LogP contribution is -2.77. The fraction of sp³-hybridized carbons (Fsp3) is 0.824. The zero-order valence-corrected chi connectivity index (χ0v) is 57.2. The number of fused-ring (bicyclic) bond motifs is 7. The topological polar surface area (TPSA) is 433 Å². The van der Waals surface area contributed by atoms with E-state index in [0.717, 1.165) is 5.57 Å². The number of rotatable bonds is 18. The first-order valence-electron chi connectivity index (χ1n) is 33.5. The molecule has 9 rings (SSSR count). The molecule has 0 aromatic rings. The maximum atomic E-state index is 14.4. The van der Waals surface area contributed by atoms with E-state index in [1.807, 2.05) is 34.6 Å². The quantitative estimate of drug-likeness (QED) is 0.0294. The van der Waals surface area contributed by atoms with E-state index >= 15 is 0 Å². The van der Waals surface area contributed by atoms with Gasteiger partial charge in [-0.3, -0.25) is 0 Å².